The molecule has 0 aliphatic heterocycles. The molecule has 0 bridgehead atoms. The summed E-state index contributed by atoms with van der Waals surface area (Å²) in [6.07, 6.45) is -3.84. The highest BCUT2D eigenvalue weighted by atomic mass is 32.2. The zero-order valence-corrected chi connectivity index (χ0v) is 16.7. The van der Waals surface area contributed by atoms with Crippen LogP contribution in [0.15, 0.2) is 58.9 Å². The Kier molecular flexibility index (Phi) is 6.22. The second-order valence-corrected chi connectivity index (χ2v) is 8.74. The van der Waals surface area contributed by atoms with Crippen molar-refractivity contribution < 1.29 is 30.8 Å². The van der Waals surface area contributed by atoms with Gasteiger partial charge in [-0.2, -0.15) is 13.2 Å². The van der Waals surface area contributed by atoms with Gasteiger partial charge in [-0.3, -0.25) is 9.52 Å². The molecule has 0 saturated heterocycles. The number of benzene rings is 2. The van der Waals surface area contributed by atoms with Gasteiger partial charge < -0.3 is 0 Å². The Morgan fingerprint density at radius 1 is 1.10 bits per heavy atom. The highest BCUT2D eigenvalue weighted by Gasteiger charge is 2.34. The number of ketones is 1. The van der Waals surface area contributed by atoms with Gasteiger partial charge in [-0.25, -0.2) is 17.8 Å². The first kappa shape index (κ1) is 21.9. The predicted molar refractivity (Wildman–Crippen MR) is 103 cm³/mol. The normalized spacial score (nSPS) is 12.0. The third-order valence-electron chi connectivity index (χ3n) is 4.15. The van der Waals surface area contributed by atoms with Crippen molar-refractivity contribution in [3.63, 3.8) is 0 Å². The fraction of sp³-hybridized carbons (Fsp3) is 0.158. The van der Waals surface area contributed by atoms with Crippen LogP contribution in [0.3, 0.4) is 0 Å². The number of aromatic nitrogens is 1. The first-order valence-corrected chi connectivity index (χ1v) is 10.8. The number of nitrogens with zero attached hydrogens (tertiary/aromatic N) is 1. The maximum absolute atomic E-state index is 14.1. The van der Waals surface area contributed by atoms with Crippen molar-refractivity contribution in [2.24, 2.45) is 0 Å². The summed E-state index contributed by atoms with van der Waals surface area (Å²) >= 11 is 1.10. The van der Waals surface area contributed by atoms with Crippen LogP contribution in [0.4, 0.5) is 22.7 Å². The lowest BCUT2D eigenvalue weighted by Crippen LogP contribution is -2.13. The molecule has 1 heterocycles. The van der Waals surface area contributed by atoms with E-state index in [-0.39, 0.29) is 34.0 Å². The van der Waals surface area contributed by atoms with E-state index in [1.807, 2.05) is 0 Å². The zero-order chi connectivity index (χ0) is 21.9. The number of carbonyl (C=O) groups excluding carboxylic acids is 1. The topological polar surface area (TPSA) is 76.1 Å². The Balaban J connectivity index is 1.69. The molecule has 3 rings (SSSR count). The van der Waals surface area contributed by atoms with Crippen LogP contribution in [0.1, 0.15) is 27.9 Å². The lowest BCUT2D eigenvalue weighted by Gasteiger charge is -2.11. The van der Waals surface area contributed by atoms with Crippen molar-refractivity contribution in [2.45, 2.75) is 23.9 Å². The van der Waals surface area contributed by atoms with E-state index in [0.29, 0.717) is 6.07 Å². The fourth-order valence-electron chi connectivity index (χ4n) is 2.65. The van der Waals surface area contributed by atoms with Crippen molar-refractivity contribution >= 4 is 32.3 Å². The van der Waals surface area contributed by atoms with Gasteiger partial charge in [0.2, 0.25) is 0 Å². The van der Waals surface area contributed by atoms with Crippen molar-refractivity contribution in [1.82, 2.24) is 4.98 Å². The van der Waals surface area contributed by atoms with Gasteiger partial charge in [-0.15, -0.1) is 11.3 Å². The minimum absolute atomic E-state index is 0.0850. The van der Waals surface area contributed by atoms with Crippen LogP contribution in [-0.2, 0) is 22.6 Å². The van der Waals surface area contributed by atoms with Crippen LogP contribution in [0.25, 0.3) is 0 Å². The van der Waals surface area contributed by atoms with Gasteiger partial charge in [0.25, 0.3) is 10.0 Å². The maximum Gasteiger partial charge on any atom is 0.419 e. The molecule has 0 fully saturated rings. The van der Waals surface area contributed by atoms with Gasteiger partial charge in [-0.05, 0) is 30.2 Å². The second kappa shape index (κ2) is 8.52. The van der Waals surface area contributed by atoms with Gasteiger partial charge in [0.05, 0.1) is 10.5 Å². The van der Waals surface area contributed by atoms with Crippen LogP contribution in [-0.4, -0.2) is 19.2 Å². The van der Waals surface area contributed by atoms with Gasteiger partial charge in [-0.1, -0.05) is 24.3 Å². The summed E-state index contributed by atoms with van der Waals surface area (Å²) < 4.78 is 79.2. The van der Waals surface area contributed by atoms with E-state index in [4.69, 9.17) is 0 Å². The van der Waals surface area contributed by atoms with Crippen molar-refractivity contribution in [3.8, 4) is 0 Å². The third-order valence-corrected chi connectivity index (χ3v) is 6.32. The predicted octanol–water partition coefficient (Wildman–Crippen LogP) is 4.92. The van der Waals surface area contributed by atoms with Gasteiger partial charge >= 0.3 is 6.18 Å². The lowest BCUT2D eigenvalue weighted by atomic mass is 10.0. The average Bonchev–Trinajstić information content (AvgIpc) is 3.18. The number of anilines is 1. The van der Waals surface area contributed by atoms with Crippen LogP contribution in [0.2, 0.25) is 0 Å². The molecular weight excluding hydrogens is 444 g/mol. The number of thiazole rings is 1. The molecule has 0 radical (unpaired) electrons. The number of alkyl halides is 3. The molecule has 158 valence electrons. The summed E-state index contributed by atoms with van der Waals surface area (Å²) in [6, 6.07) is 7.96. The van der Waals surface area contributed by atoms with Crippen LogP contribution < -0.4 is 4.72 Å². The fourth-order valence-corrected chi connectivity index (χ4v) is 4.44. The molecule has 11 heteroatoms. The molecule has 0 spiro atoms. The summed E-state index contributed by atoms with van der Waals surface area (Å²) in [5, 5.41) is 1.80. The molecule has 2 aromatic carbocycles. The molecular formula is C19H14F4N2O3S2. The molecule has 3 aromatic rings. The summed E-state index contributed by atoms with van der Waals surface area (Å²) in [5.74, 6) is -1.85. The highest BCUT2D eigenvalue weighted by Crippen LogP contribution is 2.32. The molecule has 5 nitrogen and oxygen atoms in total. The lowest BCUT2D eigenvalue weighted by molar-refractivity contribution is -0.140. The van der Waals surface area contributed by atoms with E-state index in [0.717, 1.165) is 17.4 Å². The smallest absolute Gasteiger partial charge is 0.294 e. The van der Waals surface area contributed by atoms with Crippen molar-refractivity contribution in [1.29, 1.82) is 0 Å². The summed E-state index contributed by atoms with van der Waals surface area (Å²) in [5.41, 5.74) is -1.43. The molecule has 0 amide bonds. The van der Waals surface area contributed by atoms with Crippen LogP contribution in [0.5, 0.6) is 0 Å². The molecule has 0 aliphatic carbocycles. The van der Waals surface area contributed by atoms with Crippen LogP contribution >= 0.6 is 11.3 Å². The Labute approximate surface area is 173 Å². The maximum atomic E-state index is 14.1. The van der Waals surface area contributed by atoms with Crippen molar-refractivity contribution in [3.05, 3.63) is 76.5 Å². The van der Waals surface area contributed by atoms with E-state index < -0.39 is 33.4 Å². The number of nitrogens with one attached hydrogen (secondary N) is 1. The summed E-state index contributed by atoms with van der Waals surface area (Å²) in [6.45, 7) is 0. The number of hydrogen-bond donors (Lipinski definition) is 1. The summed E-state index contributed by atoms with van der Waals surface area (Å²) in [4.78, 5) is 16.1. The number of Topliss-reactive ketones (excluding diaryl/α,β-unsaturated/α-hetero) is 1. The summed E-state index contributed by atoms with van der Waals surface area (Å²) in [7, 11) is -3.87. The number of rotatable bonds is 7. The number of aryl methyl sites for hydroxylation is 1. The van der Waals surface area contributed by atoms with E-state index in [9.17, 15) is 30.8 Å². The van der Waals surface area contributed by atoms with Gasteiger partial charge in [0.15, 0.2) is 10.9 Å². The largest absolute Gasteiger partial charge is 0.419 e. The third kappa shape index (κ3) is 5.03. The highest BCUT2D eigenvalue weighted by molar-refractivity contribution is 7.93. The van der Waals surface area contributed by atoms with Gasteiger partial charge in [0.1, 0.15) is 5.82 Å². The molecule has 0 saturated carbocycles. The molecule has 30 heavy (non-hydrogen) atoms. The minimum Gasteiger partial charge on any atom is -0.294 e. The Bertz CT molecular complexity index is 1140. The molecule has 1 aromatic heterocycles. The number of halogens is 4. The number of sulfonamides is 1. The van der Waals surface area contributed by atoms with E-state index in [1.165, 1.54) is 36.5 Å². The number of hydrogen-bond acceptors (Lipinski definition) is 5. The SMILES string of the molecule is O=C(CCc1cccc(C(F)(F)F)c1F)c1ccc(S(=O)(=O)Nc2nccs2)cc1. The quantitative estimate of drug-likeness (QED) is 0.403. The van der Waals surface area contributed by atoms with Crippen LogP contribution in [0, 0.1) is 5.82 Å². The van der Waals surface area contributed by atoms with E-state index in [2.05, 4.69) is 9.71 Å². The molecule has 0 atom stereocenters. The average molecular weight is 458 g/mol. The Morgan fingerprint density at radius 2 is 1.80 bits per heavy atom. The van der Waals surface area contributed by atoms with Crippen molar-refractivity contribution in [2.75, 3.05) is 4.72 Å². The minimum atomic E-state index is -4.82. The standard InChI is InChI=1S/C19H14F4N2O3S2/c20-17-13(2-1-3-15(17)19(21,22)23)6-9-16(26)12-4-7-14(8-5-12)30(27,28)25-18-24-10-11-29-18/h1-5,7-8,10-11H,6,9H2,(H,24,25). The Hall–Kier alpha value is -2.79. The van der Waals surface area contributed by atoms with E-state index >= 15 is 0 Å². The first-order valence-electron chi connectivity index (χ1n) is 8.48. The molecule has 0 unspecified atom stereocenters. The van der Waals surface area contributed by atoms with E-state index in [1.54, 1.807) is 5.38 Å². The molecule has 1 N–H and O–H groups in total. The monoisotopic (exact) mass is 458 g/mol. The van der Waals surface area contributed by atoms with Gasteiger partial charge in [0, 0.05) is 23.6 Å². The first-order chi connectivity index (χ1) is 14.1. The number of carbonyl (C=O) groups is 1. The Morgan fingerprint density at radius 3 is 2.40 bits per heavy atom. The zero-order valence-electron chi connectivity index (χ0n) is 15.1. The second-order valence-electron chi connectivity index (χ2n) is 6.17. The molecule has 0 aliphatic rings.